The van der Waals surface area contributed by atoms with Crippen molar-refractivity contribution in [2.45, 2.75) is 6.92 Å². The summed E-state index contributed by atoms with van der Waals surface area (Å²) in [5.74, 6) is 1.94. The minimum absolute atomic E-state index is 0.000665. The number of carbonyl (C=O) groups is 2. The van der Waals surface area contributed by atoms with Crippen molar-refractivity contribution >= 4 is 46.0 Å². The number of aromatic nitrogens is 3. The van der Waals surface area contributed by atoms with Crippen LogP contribution >= 0.6 is 11.6 Å². The van der Waals surface area contributed by atoms with Crippen LogP contribution in [0.4, 0.5) is 11.6 Å². The first-order chi connectivity index (χ1) is 18.0. The Morgan fingerprint density at radius 2 is 1.73 bits per heavy atom. The van der Waals surface area contributed by atoms with Gasteiger partial charge in [-0.25, -0.2) is 9.97 Å². The fourth-order valence-corrected chi connectivity index (χ4v) is 4.47. The summed E-state index contributed by atoms with van der Waals surface area (Å²) in [6, 6.07) is 19.1. The lowest BCUT2D eigenvalue weighted by Crippen LogP contribution is -2.49. The predicted octanol–water partition coefficient (Wildman–Crippen LogP) is 3.79. The van der Waals surface area contributed by atoms with Gasteiger partial charge in [0.25, 0.3) is 5.91 Å². The average molecular weight is 518 g/mol. The number of nitrogens with one attached hydrogen (secondary N) is 3. The molecule has 9 nitrogen and oxygen atoms in total. The molecule has 10 heteroatoms. The highest BCUT2D eigenvalue weighted by atomic mass is 35.5. The number of hydrogen-bond donors (Lipinski definition) is 3. The van der Waals surface area contributed by atoms with Crippen molar-refractivity contribution in [2.75, 3.05) is 49.5 Å². The molecular weight excluding hydrogens is 490 g/mol. The molecule has 0 atom stereocenters. The summed E-state index contributed by atoms with van der Waals surface area (Å²) in [6.45, 7) is 4.97. The summed E-state index contributed by atoms with van der Waals surface area (Å²) in [4.78, 5) is 41.1. The molecule has 0 aliphatic carbocycles. The van der Waals surface area contributed by atoms with Crippen molar-refractivity contribution in [3.63, 3.8) is 0 Å². The van der Waals surface area contributed by atoms with E-state index in [0.717, 1.165) is 22.3 Å². The zero-order valence-electron chi connectivity index (χ0n) is 20.5. The van der Waals surface area contributed by atoms with Crippen LogP contribution in [0.2, 0.25) is 5.02 Å². The number of H-pyrrole nitrogens is 1. The van der Waals surface area contributed by atoms with Crippen LogP contribution in [-0.4, -0.2) is 70.9 Å². The standard InChI is InChI=1S/C27H28ClN7O2/c1-18(36)29-10-11-30-24-17-25(33-26(32-24)19-6-8-21(28)9-7-19)34-12-14-35(15-13-34)27(37)23-16-20-4-2-3-5-22(20)31-23/h2-9,16-17,31H,10-15H2,1H3,(H,29,36)(H,30,32,33). The molecule has 2 amide bonds. The summed E-state index contributed by atoms with van der Waals surface area (Å²) >= 11 is 6.07. The number of amides is 2. The van der Waals surface area contributed by atoms with E-state index >= 15 is 0 Å². The molecule has 2 aromatic heterocycles. The molecule has 190 valence electrons. The molecule has 2 aromatic carbocycles. The SMILES string of the molecule is CC(=O)NCCNc1cc(N2CCN(C(=O)c3cc4ccccc4[nH]3)CC2)nc(-c2ccc(Cl)cc2)n1. The molecule has 5 rings (SSSR count). The normalized spacial score (nSPS) is 13.6. The van der Waals surface area contributed by atoms with Gasteiger partial charge in [0.05, 0.1) is 0 Å². The number of para-hydroxylation sites is 1. The largest absolute Gasteiger partial charge is 0.368 e. The van der Waals surface area contributed by atoms with E-state index in [1.165, 1.54) is 6.92 Å². The molecule has 0 bridgehead atoms. The van der Waals surface area contributed by atoms with Crippen molar-refractivity contribution in [2.24, 2.45) is 0 Å². The highest BCUT2D eigenvalue weighted by molar-refractivity contribution is 6.30. The van der Waals surface area contributed by atoms with Gasteiger partial charge in [0, 0.05) is 73.7 Å². The second kappa shape index (κ2) is 10.9. The minimum Gasteiger partial charge on any atom is -0.368 e. The molecule has 0 radical (unpaired) electrons. The van der Waals surface area contributed by atoms with Gasteiger partial charge in [-0.3, -0.25) is 9.59 Å². The molecule has 1 fully saturated rings. The van der Waals surface area contributed by atoms with Crippen molar-refractivity contribution in [1.82, 2.24) is 25.2 Å². The van der Waals surface area contributed by atoms with E-state index in [1.54, 1.807) is 0 Å². The van der Waals surface area contributed by atoms with Gasteiger partial charge < -0.3 is 25.4 Å². The van der Waals surface area contributed by atoms with Crippen LogP contribution in [0.25, 0.3) is 22.3 Å². The number of nitrogens with zero attached hydrogens (tertiary/aromatic N) is 4. The third kappa shape index (κ3) is 5.83. The molecule has 1 aliphatic heterocycles. The predicted molar refractivity (Wildman–Crippen MR) is 146 cm³/mol. The third-order valence-electron chi connectivity index (χ3n) is 6.27. The number of piperazine rings is 1. The van der Waals surface area contributed by atoms with Gasteiger partial charge in [-0.1, -0.05) is 29.8 Å². The lowest BCUT2D eigenvalue weighted by Gasteiger charge is -2.35. The first-order valence-corrected chi connectivity index (χ1v) is 12.6. The lowest BCUT2D eigenvalue weighted by atomic mass is 10.2. The van der Waals surface area contributed by atoms with Gasteiger partial charge in [0.1, 0.15) is 17.3 Å². The van der Waals surface area contributed by atoms with Crippen LogP contribution in [0.15, 0.2) is 60.7 Å². The van der Waals surface area contributed by atoms with E-state index in [-0.39, 0.29) is 11.8 Å². The summed E-state index contributed by atoms with van der Waals surface area (Å²) in [7, 11) is 0. The van der Waals surface area contributed by atoms with Gasteiger partial charge in [0.2, 0.25) is 5.91 Å². The maximum absolute atomic E-state index is 13.1. The third-order valence-corrected chi connectivity index (χ3v) is 6.52. The fourth-order valence-electron chi connectivity index (χ4n) is 4.34. The average Bonchev–Trinajstić information content (AvgIpc) is 3.35. The quantitative estimate of drug-likeness (QED) is 0.322. The molecular formula is C27H28ClN7O2. The summed E-state index contributed by atoms with van der Waals surface area (Å²) in [5, 5.41) is 7.72. The van der Waals surface area contributed by atoms with E-state index in [2.05, 4.69) is 25.5 Å². The molecule has 4 aromatic rings. The first kappa shape index (κ1) is 24.6. The zero-order valence-corrected chi connectivity index (χ0v) is 21.3. The molecule has 1 saturated heterocycles. The Balaban J connectivity index is 1.31. The second-order valence-electron chi connectivity index (χ2n) is 8.90. The van der Waals surface area contributed by atoms with Crippen molar-refractivity contribution in [3.8, 4) is 11.4 Å². The van der Waals surface area contributed by atoms with Crippen molar-refractivity contribution in [3.05, 3.63) is 71.4 Å². The Morgan fingerprint density at radius 1 is 0.973 bits per heavy atom. The monoisotopic (exact) mass is 517 g/mol. The number of rotatable bonds is 7. The Hall–Kier alpha value is -4.11. The number of aromatic amines is 1. The summed E-state index contributed by atoms with van der Waals surface area (Å²) in [5.41, 5.74) is 2.41. The van der Waals surface area contributed by atoms with Crippen LogP contribution in [-0.2, 0) is 4.79 Å². The Kier molecular flexibility index (Phi) is 7.23. The maximum Gasteiger partial charge on any atom is 0.270 e. The number of anilines is 2. The van der Waals surface area contributed by atoms with Crippen molar-refractivity contribution in [1.29, 1.82) is 0 Å². The number of carbonyl (C=O) groups excluding carboxylic acids is 2. The topological polar surface area (TPSA) is 106 Å². The summed E-state index contributed by atoms with van der Waals surface area (Å²) in [6.07, 6.45) is 0. The Labute approximate surface area is 219 Å². The molecule has 1 aliphatic rings. The minimum atomic E-state index is -0.0769. The molecule has 37 heavy (non-hydrogen) atoms. The first-order valence-electron chi connectivity index (χ1n) is 12.2. The molecule has 0 unspecified atom stereocenters. The van der Waals surface area contributed by atoms with E-state index in [4.69, 9.17) is 16.6 Å². The highest BCUT2D eigenvalue weighted by Gasteiger charge is 2.25. The Bertz CT molecular complexity index is 1380. The van der Waals surface area contributed by atoms with Crippen LogP contribution in [0, 0.1) is 0 Å². The van der Waals surface area contributed by atoms with Crippen molar-refractivity contribution < 1.29 is 9.59 Å². The molecule has 0 saturated carbocycles. The highest BCUT2D eigenvalue weighted by Crippen LogP contribution is 2.25. The van der Waals surface area contributed by atoms with Gasteiger partial charge in [0.15, 0.2) is 5.82 Å². The number of fused-ring (bicyclic) bond motifs is 1. The lowest BCUT2D eigenvalue weighted by molar-refractivity contribution is -0.118. The van der Waals surface area contributed by atoms with Crippen LogP contribution in [0.3, 0.4) is 0 Å². The number of benzene rings is 2. The maximum atomic E-state index is 13.1. The van der Waals surface area contributed by atoms with Crippen LogP contribution in [0.5, 0.6) is 0 Å². The van der Waals surface area contributed by atoms with Gasteiger partial charge >= 0.3 is 0 Å². The van der Waals surface area contributed by atoms with E-state index in [9.17, 15) is 9.59 Å². The Morgan fingerprint density at radius 3 is 2.46 bits per heavy atom. The molecule has 0 spiro atoms. The number of halogens is 1. The second-order valence-corrected chi connectivity index (χ2v) is 9.34. The zero-order chi connectivity index (χ0) is 25.8. The van der Waals surface area contributed by atoms with Crippen LogP contribution < -0.4 is 15.5 Å². The van der Waals surface area contributed by atoms with E-state index < -0.39 is 0 Å². The number of hydrogen-bond acceptors (Lipinski definition) is 6. The fraction of sp³-hybridized carbons (Fsp3) is 0.259. The van der Waals surface area contributed by atoms with E-state index in [1.807, 2.05) is 65.6 Å². The van der Waals surface area contributed by atoms with Gasteiger partial charge in [-0.2, -0.15) is 0 Å². The van der Waals surface area contributed by atoms with Gasteiger partial charge in [-0.15, -0.1) is 0 Å². The molecule has 3 N–H and O–H groups in total. The molecule has 3 heterocycles. The van der Waals surface area contributed by atoms with Gasteiger partial charge in [-0.05, 0) is 36.4 Å². The van der Waals surface area contributed by atoms with Crippen LogP contribution in [0.1, 0.15) is 17.4 Å². The smallest absolute Gasteiger partial charge is 0.270 e. The summed E-state index contributed by atoms with van der Waals surface area (Å²) < 4.78 is 0. The van der Waals surface area contributed by atoms with E-state index in [0.29, 0.717) is 61.6 Å².